The largest absolute Gasteiger partial charge is 0.265 e. The van der Waals surface area contributed by atoms with Crippen molar-refractivity contribution >= 4 is 11.1 Å². The molecule has 0 radical (unpaired) electrons. The molecule has 2 aromatic heterocycles. The second-order valence-electron chi connectivity index (χ2n) is 8.96. The van der Waals surface area contributed by atoms with Crippen LogP contribution in [0.3, 0.4) is 0 Å². The Labute approximate surface area is 193 Å². The lowest BCUT2D eigenvalue weighted by atomic mass is 9.74. The van der Waals surface area contributed by atoms with Crippen LogP contribution in [-0.4, -0.2) is 25.6 Å². The summed E-state index contributed by atoms with van der Waals surface area (Å²) in [5.41, 5.74) is 10.7. The summed E-state index contributed by atoms with van der Waals surface area (Å²) in [6.07, 6.45) is 9.40. The van der Waals surface area contributed by atoms with Crippen molar-refractivity contribution in [2.45, 2.75) is 32.1 Å². The van der Waals surface area contributed by atoms with E-state index in [9.17, 15) is 0 Å². The fourth-order valence-electron chi connectivity index (χ4n) is 5.48. The molecule has 0 spiro atoms. The second kappa shape index (κ2) is 8.24. The number of hydrogen-bond acceptors (Lipinski definition) is 4. The van der Waals surface area contributed by atoms with Crippen LogP contribution < -0.4 is 0 Å². The van der Waals surface area contributed by atoms with E-state index < -0.39 is 0 Å². The van der Waals surface area contributed by atoms with E-state index in [0.717, 1.165) is 24.8 Å². The van der Waals surface area contributed by atoms with E-state index in [1.54, 1.807) is 5.57 Å². The molecule has 2 aromatic carbocycles. The molecule has 0 bridgehead atoms. The summed E-state index contributed by atoms with van der Waals surface area (Å²) in [5.74, 6) is 1.41. The van der Waals surface area contributed by atoms with E-state index in [1.165, 1.54) is 33.4 Å². The summed E-state index contributed by atoms with van der Waals surface area (Å²) in [5, 5.41) is 14.7. The minimum Gasteiger partial charge on any atom is -0.265 e. The first kappa shape index (κ1) is 19.8. The molecule has 33 heavy (non-hydrogen) atoms. The molecular weight excluding hydrogens is 406 g/mol. The summed E-state index contributed by atoms with van der Waals surface area (Å²) in [6, 6.07) is 21.8. The fraction of sp³-hybridized carbons (Fsp3) is 0.214. The van der Waals surface area contributed by atoms with Gasteiger partial charge in [0.1, 0.15) is 0 Å². The number of aryl methyl sites for hydroxylation is 1. The van der Waals surface area contributed by atoms with E-state index in [0.29, 0.717) is 17.7 Å². The Bertz CT molecular complexity index is 1350. The predicted octanol–water partition coefficient (Wildman–Crippen LogP) is 5.87. The Hall–Kier alpha value is -3.86. The number of hydrogen-bond donors (Lipinski definition) is 1. The first-order valence-electron chi connectivity index (χ1n) is 11.5. The van der Waals surface area contributed by atoms with Gasteiger partial charge < -0.3 is 0 Å². The van der Waals surface area contributed by atoms with Crippen LogP contribution in [0.5, 0.6) is 0 Å². The highest BCUT2D eigenvalue weighted by molar-refractivity contribution is 5.89. The number of pyridine rings is 1. The molecule has 1 N–H and O–H groups in total. The van der Waals surface area contributed by atoms with Gasteiger partial charge in [-0.15, -0.1) is 10.2 Å². The summed E-state index contributed by atoms with van der Waals surface area (Å²) < 4.78 is 0. The van der Waals surface area contributed by atoms with E-state index in [4.69, 9.17) is 0 Å². The van der Waals surface area contributed by atoms with Gasteiger partial charge in [-0.3, -0.25) is 4.98 Å². The Balaban J connectivity index is 1.50. The molecule has 2 atom stereocenters. The summed E-state index contributed by atoms with van der Waals surface area (Å²) in [7, 11) is 0. The van der Waals surface area contributed by atoms with E-state index in [-0.39, 0.29) is 0 Å². The third kappa shape index (κ3) is 3.59. The van der Waals surface area contributed by atoms with Gasteiger partial charge in [-0.25, -0.2) is 0 Å². The molecule has 2 aliphatic carbocycles. The number of aromatic nitrogens is 5. The SMILES string of the molecule is CC1C2=C(C=C(c3ccncc3)CC1c1cccc(-c3nn[nH]n3)c1)c1ccccc1CC2. The number of fused-ring (bicyclic) bond motifs is 2. The first-order valence-corrected chi connectivity index (χ1v) is 11.5. The maximum atomic E-state index is 4.25. The van der Waals surface area contributed by atoms with Crippen LogP contribution in [0.15, 0.2) is 84.7 Å². The summed E-state index contributed by atoms with van der Waals surface area (Å²) in [6.45, 7) is 2.40. The quantitative estimate of drug-likeness (QED) is 0.441. The van der Waals surface area contributed by atoms with Gasteiger partial charge in [0.2, 0.25) is 5.82 Å². The van der Waals surface area contributed by atoms with Crippen molar-refractivity contribution in [2.24, 2.45) is 5.92 Å². The molecule has 6 rings (SSSR count). The van der Waals surface area contributed by atoms with Gasteiger partial charge in [-0.1, -0.05) is 61.0 Å². The summed E-state index contributed by atoms with van der Waals surface area (Å²) >= 11 is 0. The van der Waals surface area contributed by atoms with E-state index >= 15 is 0 Å². The zero-order valence-corrected chi connectivity index (χ0v) is 18.6. The van der Waals surface area contributed by atoms with Crippen LogP contribution in [-0.2, 0) is 6.42 Å². The lowest BCUT2D eigenvalue weighted by Crippen LogP contribution is -2.16. The van der Waals surface area contributed by atoms with Gasteiger partial charge in [0.05, 0.1) is 0 Å². The smallest absolute Gasteiger partial charge is 0.204 e. The average molecular weight is 432 g/mol. The predicted molar refractivity (Wildman–Crippen MR) is 130 cm³/mol. The fourth-order valence-corrected chi connectivity index (χ4v) is 5.48. The maximum absolute atomic E-state index is 4.25. The van der Waals surface area contributed by atoms with Crippen LogP contribution in [0.2, 0.25) is 0 Å². The number of allylic oxidation sites excluding steroid dienone is 4. The van der Waals surface area contributed by atoms with Crippen LogP contribution in [0.1, 0.15) is 47.9 Å². The lowest BCUT2D eigenvalue weighted by Gasteiger charge is -2.30. The molecule has 4 aromatic rings. The number of tetrazole rings is 1. The number of benzene rings is 2. The lowest BCUT2D eigenvalue weighted by molar-refractivity contribution is 0.517. The van der Waals surface area contributed by atoms with Crippen LogP contribution in [0.25, 0.3) is 22.5 Å². The molecule has 162 valence electrons. The molecule has 5 nitrogen and oxygen atoms in total. The van der Waals surface area contributed by atoms with Crippen molar-refractivity contribution in [1.29, 1.82) is 0 Å². The molecule has 0 saturated carbocycles. The number of rotatable bonds is 3. The average Bonchev–Trinajstić information content (AvgIpc) is 3.37. The summed E-state index contributed by atoms with van der Waals surface area (Å²) in [4.78, 5) is 4.25. The minimum absolute atomic E-state index is 0.356. The van der Waals surface area contributed by atoms with Crippen molar-refractivity contribution < 1.29 is 0 Å². The van der Waals surface area contributed by atoms with Crippen molar-refractivity contribution in [3.8, 4) is 11.4 Å². The van der Waals surface area contributed by atoms with Gasteiger partial charge >= 0.3 is 0 Å². The second-order valence-corrected chi connectivity index (χ2v) is 8.96. The third-order valence-electron chi connectivity index (χ3n) is 7.20. The highest BCUT2D eigenvalue weighted by Gasteiger charge is 2.31. The minimum atomic E-state index is 0.356. The number of H-pyrrole nitrogens is 1. The molecule has 0 fully saturated rings. The van der Waals surface area contributed by atoms with Gasteiger partial charge in [-0.05, 0) is 87.9 Å². The van der Waals surface area contributed by atoms with Gasteiger partial charge in [-0.2, -0.15) is 5.21 Å². The van der Waals surface area contributed by atoms with Crippen molar-refractivity contribution in [2.75, 3.05) is 0 Å². The van der Waals surface area contributed by atoms with Crippen molar-refractivity contribution in [3.05, 3.63) is 107 Å². The normalized spacial score (nSPS) is 20.0. The monoisotopic (exact) mass is 431 g/mol. The topological polar surface area (TPSA) is 67.3 Å². The number of nitrogens with one attached hydrogen (secondary N) is 1. The third-order valence-corrected chi connectivity index (χ3v) is 7.20. The molecule has 5 heteroatoms. The van der Waals surface area contributed by atoms with Crippen molar-refractivity contribution in [1.82, 2.24) is 25.6 Å². The van der Waals surface area contributed by atoms with E-state index in [2.05, 4.69) is 99.3 Å². The van der Waals surface area contributed by atoms with Crippen LogP contribution in [0.4, 0.5) is 0 Å². The van der Waals surface area contributed by atoms with Gasteiger partial charge in [0, 0.05) is 18.0 Å². The van der Waals surface area contributed by atoms with Crippen LogP contribution in [0, 0.1) is 5.92 Å². The van der Waals surface area contributed by atoms with E-state index in [1.807, 2.05) is 12.4 Å². The molecule has 2 unspecified atom stereocenters. The Kier molecular flexibility index (Phi) is 4.95. The highest BCUT2D eigenvalue weighted by atomic mass is 15.5. The maximum Gasteiger partial charge on any atom is 0.204 e. The molecule has 0 amide bonds. The van der Waals surface area contributed by atoms with Crippen molar-refractivity contribution in [3.63, 3.8) is 0 Å². The zero-order chi connectivity index (χ0) is 22.2. The Morgan fingerprint density at radius 3 is 2.64 bits per heavy atom. The van der Waals surface area contributed by atoms with Crippen LogP contribution >= 0.6 is 0 Å². The Morgan fingerprint density at radius 1 is 0.909 bits per heavy atom. The van der Waals surface area contributed by atoms with Gasteiger partial charge in [0.25, 0.3) is 0 Å². The highest BCUT2D eigenvalue weighted by Crippen LogP contribution is 2.48. The molecule has 2 heterocycles. The first-order chi connectivity index (χ1) is 16.3. The standard InChI is InChI=1S/C28H25N5/c1-18-24-10-9-20-5-2-3-8-25(20)27(24)17-23(19-11-13-29-14-12-19)16-26(18)21-6-4-7-22(15-21)28-30-32-33-31-28/h2-8,11-15,17-18,26H,9-10,16H2,1H3,(H,30,31,32,33). The molecular formula is C28H25N5. The molecule has 0 saturated heterocycles. The number of nitrogens with zero attached hydrogens (tertiary/aromatic N) is 4. The Morgan fingerprint density at radius 2 is 1.79 bits per heavy atom. The van der Waals surface area contributed by atoms with Gasteiger partial charge in [0.15, 0.2) is 0 Å². The molecule has 0 aliphatic heterocycles. The molecule has 2 aliphatic rings. The zero-order valence-electron chi connectivity index (χ0n) is 18.6. The number of aromatic amines is 1.